The van der Waals surface area contributed by atoms with Crippen molar-refractivity contribution in [3.63, 3.8) is 0 Å². The Kier molecular flexibility index (Phi) is 2.54. The first kappa shape index (κ1) is 9.65. The highest BCUT2D eigenvalue weighted by Crippen LogP contribution is 2.47. The Hall–Kier alpha value is -0.900. The SMILES string of the molecule is CCNCC1(Cc2ncnn2C)CC1. The molecule has 1 heterocycles. The van der Waals surface area contributed by atoms with Crippen LogP contribution in [0.25, 0.3) is 0 Å². The number of rotatable bonds is 5. The highest BCUT2D eigenvalue weighted by molar-refractivity contribution is 5.02. The van der Waals surface area contributed by atoms with E-state index < -0.39 is 0 Å². The summed E-state index contributed by atoms with van der Waals surface area (Å²) in [5, 5.41) is 7.52. The third-order valence-electron chi connectivity index (χ3n) is 3.05. The van der Waals surface area contributed by atoms with Crippen molar-refractivity contribution in [3.05, 3.63) is 12.2 Å². The zero-order valence-corrected chi connectivity index (χ0v) is 8.95. The molecule has 1 aliphatic carbocycles. The molecule has 0 aromatic carbocycles. The summed E-state index contributed by atoms with van der Waals surface area (Å²) in [6.07, 6.45) is 5.36. The predicted octanol–water partition coefficient (Wildman–Crippen LogP) is 0.747. The van der Waals surface area contributed by atoms with Gasteiger partial charge in [0.1, 0.15) is 12.2 Å². The van der Waals surface area contributed by atoms with E-state index in [9.17, 15) is 0 Å². The Morgan fingerprint density at radius 3 is 2.86 bits per heavy atom. The molecular weight excluding hydrogens is 176 g/mol. The molecule has 0 bridgehead atoms. The van der Waals surface area contributed by atoms with Gasteiger partial charge in [0.25, 0.3) is 0 Å². The van der Waals surface area contributed by atoms with E-state index in [4.69, 9.17) is 0 Å². The molecule has 0 unspecified atom stereocenters. The van der Waals surface area contributed by atoms with Gasteiger partial charge in [0.15, 0.2) is 0 Å². The molecule has 0 aliphatic heterocycles. The molecular formula is C10H18N4. The lowest BCUT2D eigenvalue weighted by molar-refractivity contribution is 0.443. The zero-order valence-electron chi connectivity index (χ0n) is 8.95. The quantitative estimate of drug-likeness (QED) is 0.752. The van der Waals surface area contributed by atoms with E-state index in [1.165, 1.54) is 12.8 Å². The van der Waals surface area contributed by atoms with Gasteiger partial charge in [-0.2, -0.15) is 5.10 Å². The minimum Gasteiger partial charge on any atom is -0.316 e. The number of aryl methyl sites for hydroxylation is 1. The predicted molar refractivity (Wildman–Crippen MR) is 54.9 cm³/mol. The third kappa shape index (κ3) is 1.95. The van der Waals surface area contributed by atoms with Crippen LogP contribution in [0.5, 0.6) is 0 Å². The summed E-state index contributed by atoms with van der Waals surface area (Å²) >= 11 is 0. The fourth-order valence-electron chi connectivity index (χ4n) is 1.80. The van der Waals surface area contributed by atoms with Crippen molar-refractivity contribution >= 4 is 0 Å². The maximum Gasteiger partial charge on any atom is 0.138 e. The van der Waals surface area contributed by atoms with Gasteiger partial charge in [-0.15, -0.1) is 0 Å². The van der Waals surface area contributed by atoms with Gasteiger partial charge in [0, 0.05) is 20.0 Å². The van der Waals surface area contributed by atoms with Crippen molar-refractivity contribution in [2.45, 2.75) is 26.2 Å². The van der Waals surface area contributed by atoms with Crippen molar-refractivity contribution in [1.82, 2.24) is 20.1 Å². The Morgan fingerprint density at radius 1 is 1.57 bits per heavy atom. The minimum atomic E-state index is 0.483. The van der Waals surface area contributed by atoms with Gasteiger partial charge in [-0.05, 0) is 24.8 Å². The first-order valence-corrected chi connectivity index (χ1v) is 5.29. The summed E-state index contributed by atoms with van der Waals surface area (Å²) in [7, 11) is 1.96. The lowest BCUT2D eigenvalue weighted by atomic mass is 10.0. The molecule has 0 saturated heterocycles. The van der Waals surface area contributed by atoms with E-state index >= 15 is 0 Å². The molecule has 0 atom stereocenters. The molecule has 0 spiro atoms. The van der Waals surface area contributed by atoms with Gasteiger partial charge >= 0.3 is 0 Å². The molecule has 4 nitrogen and oxygen atoms in total. The van der Waals surface area contributed by atoms with Crippen LogP contribution in [0.1, 0.15) is 25.6 Å². The number of hydrogen-bond donors (Lipinski definition) is 1. The van der Waals surface area contributed by atoms with Crippen molar-refractivity contribution in [2.75, 3.05) is 13.1 Å². The molecule has 0 amide bonds. The van der Waals surface area contributed by atoms with Crippen LogP contribution in [-0.2, 0) is 13.5 Å². The first-order valence-electron chi connectivity index (χ1n) is 5.29. The number of hydrogen-bond acceptors (Lipinski definition) is 3. The summed E-state index contributed by atoms with van der Waals surface area (Å²) in [5.74, 6) is 1.11. The molecule has 1 aromatic rings. The molecule has 1 aliphatic rings. The van der Waals surface area contributed by atoms with E-state index in [0.29, 0.717) is 5.41 Å². The summed E-state index contributed by atoms with van der Waals surface area (Å²) in [6.45, 7) is 4.33. The van der Waals surface area contributed by atoms with E-state index in [-0.39, 0.29) is 0 Å². The Bertz CT molecular complexity index is 301. The number of aromatic nitrogens is 3. The molecule has 1 fully saturated rings. The average Bonchev–Trinajstić information content (AvgIpc) is 2.83. The second kappa shape index (κ2) is 3.69. The van der Waals surface area contributed by atoms with Crippen molar-refractivity contribution < 1.29 is 0 Å². The van der Waals surface area contributed by atoms with Crippen LogP contribution >= 0.6 is 0 Å². The van der Waals surface area contributed by atoms with Gasteiger partial charge in [0.05, 0.1) is 0 Å². The molecule has 1 aromatic heterocycles. The second-order valence-electron chi connectivity index (χ2n) is 4.26. The Morgan fingerprint density at radius 2 is 2.36 bits per heavy atom. The molecule has 14 heavy (non-hydrogen) atoms. The topological polar surface area (TPSA) is 42.7 Å². The average molecular weight is 194 g/mol. The number of nitrogens with one attached hydrogen (secondary N) is 1. The van der Waals surface area contributed by atoms with E-state index in [2.05, 4.69) is 22.3 Å². The standard InChI is InChI=1S/C10H18N4/c1-3-11-7-10(4-5-10)6-9-12-8-13-14(9)2/h8,11H,3-7H2,1-2H3. The lowest BCUT2D eigenvalue weighted by Crippen LogP contribution is -2.26. The number of nitrogens with zero attached hydrogens (tertiary/aromatic N) is 3. The van der Waals surface area contributed by atoms with Crippen LogP contribution in [0.2, 0.25) is 0 Å². The fraction of sp³-hybridized carbons (Fsp3) is 0.800. The lowest BCUT2D eigenvalue weighted by Gasteiger charge is -2.14. The van der Waals surface area contributed by atoms with Gasteiger partial charge in [0.2, 0.25) is 0 Å². The molecule has 1 saturated carbocycles. The van der Waals surface area contributed by atoms with Crippen LogP contribution < -0.4 is 5.32 Å². The monoisotopic (exact) mass is 194 g/mol. The van der Waals surface area contributed by atoms with Crippen LogP contribution in [0, 0.1) is 5.41 Å². The van der Waals surface area contributed by atoms with Crippen LogP contribution in [-0.4, -0.2) is 27.9 Å². The van der Waals surface area contributed by atoms with Crippen molar-refractivity contribution in [2.24, 2.45) is 12.5 Å². The smallest absolute Gasteiger partial charge is 0.138 e. The molecule has 2 rings (SSSR count). The van der Waals surface area contributed by atoms with Gasteiger partial charge in [-0.1, -0.05) is 6.92 Å². The highest BCUT2D eigenvalue weighted by Gasteiger charge is 2.42. The van der Waals surface area contributed by atoms with Crippen molar-refractivity contribution in [1.29, 1.82) is 0 Å². The minimum absolute atomic E-state index is 0.483. The maximum absolute atomic E-state index is 4.27. The fourth-order valence-corrected chi connectivity index (χ4v) is 1.80. The maximum atomic E-state index is 4.27. The largest absolute Gasteiger partial charge is 0.316 e. The van der Waals surface area contributed by atoms with E-state index in [0.717, 1.165) is 25.3 Å². The summed E-state index contributed by atoms with van der Waals surface area (Å²) in [5.41, 5.74) is 0.483. The summed E-state index contributed by atoms with van der Waals surface area (Å²) in [4.78, 5) is 4.27. The summed E-state index contributed by atoms with van der Waals surface area (Å²) in [6, 6.07) is 0. The summed E-state index contributed by atoms with van der Waals surface area (Å²) < 4.78 is 1.88. The molecule has 78 valence electrons. The third-order valence-corrected chi connectivity index (χ3v) is 3.05. The van der Waals surface area contributed by atoms with Crippen LogP contribution in [0.4, 0.5) is 0 Å². The molecule has 4 heteroatoms. The Balaban J connectivity index is 1.94. The van der Waals surface area contributed by atoms with Crippen molar-refractivity contribution in [3.8, 4) is 0 Å². The van der Waals surface area contributed by atoms with Gasteiger partial charge in [-0.25, -0.2) is 4.98 Å². The normalized spacial score (nSPS) is 18.4. The second-order valence-corrected chi connectivity index (χ2v) is 4.26. The zero-order chi connectivity index (χ0) is 10.0. The van der Waals surface area contributed by atoms with E-state index in [1.54, 1.807) is 6.33 Å². The van der Waals surface area contributed by atoms with Crippen LogP contribution in [0.15, 0.2) is 6.33 Å². The first-order chi connectivity index (χ1) is 6.76. The van der Waals surface area contributed by atoms with Crippen LogP contribution in [0.3, 0.4) is 0 Å². The molecule has 1 N–H and O–H groups in total. The highest BCUT2D eigenvalue weighted by atomic mass is 15.3. The Labute approximate surface area is 84.7 Å². The molecule has 0 radical (unpaired) electrons. The van der Waals surface area contributed by atoms with E-state index in [1.807, 2.05) is 11.7 Å². The van der Waals surface area contributed by atoms with Gasteiger partial charge in [-0.3, -0.25) is 4.68 Å². The van der Waals surface area contributed by atoms with Gasteiger partial charge < -0.3 is 5.32 Å².